The molecule has 1 aromatic rings. The van der Waals surface area contributed by atoms with Crippen molar-refractivity contribution in [1.29, 1.82) is 0 Å². The molecule has 0 bridgehead atoms. The number of pyridine rings is 1. The standard InChI is InChI=1S/C12H15F2N3O3/c1-17-5-9(12(13,14)6-17)20-8-3-7(11(18)19-2)4-16-10(8)15/h3-4,9H,5-6H2,1-2H3,(H2,15,16)/t9-/m0/s1. The van der Waals surface area contributed by atoms with Crippen molar-refractivity contribution >= 4 is 11.8 Å². The van der Waals surface area contributed by atoms with Crippen molar-refractivity contribution in [3.63, 3.8) is 0 Å². The molecule has 0 amide bonds. The lowest BCUT2D eigenvalue weighted by Gasteiger charge is -2.20. The summed E-state index contributed by atoms with van der Waals surface area (Å²) in [7, 11) is 2.78. The zero-order valence-corrected chi connectivity index (χ0v) is 11.1. The third-order valence-corrected chi connectivity index (χ3v) is 3.00. The van der Waals surface area contributed by atoms with E-state index in [1.165, 1.54) is 24.3 Å². The van der Waals surface area contributed by atoms with Gasteiger partial charge in [-0.2, -0.15) is 0 Å². The molecule has 1 atom stereocenters. The summed E-state index contributed by atoms with van der Waals surface area (Å²) in [6.45, 7) is -0.323. The molecule has 2 N–H and O–H groups in total. The fourth-order valence-electron chi connectivity index (χ4n) is 2.00. The maximum absolute atomic E-state index is 13.7. The summed E-state index contributed by atoms with van der Waals surface area (Å²) in [5.74, 6) is -3.73. The predicted molar refractivity (Wildman–Crippen MR) is 66.8 cm³/mol. The maximum atomic E-state index is 13.7. The van der Waals surface area contributed by atoms with Crippen LogP contribution in [-0.4, -0.2) is 55.1 Å². The summed E-state index contributed by atoms with van der Waals surface area (Å²) in [6.07, 6.45) is -0.128. The summed E-state index contributed by atoms with van der Waals surface area (Å²) in [4.78, 5) is 16.6. The number of likely N-dealkylation sites (N-methyl/N-ethyl adjacent to an activating group) is 1. The van der Waals surface area contributed by atoms with Crippen LogP contribution >= 0.6 is 0 Å². The van der Waals surface area contributed by atoms with Crippen LogP contribution in [0.1, 0.15) is 10.4 Å². The molecule has 1 aliphatic rings. The molecule has 1 saturated heterocycles. The molecule has 2 rings (SSSR count). The highest BCUT2D eigenvalue weighted by atomic mass is 19.3. The molecule has 0 aliphatic carbocycles. The van der Waals surface area contributed by atoms with Crippen molar-refractivity contribution in [2.75, 3.05) is 33.0 Å². The van der Waals surface area contributed by atoms with E-state index >= 15 is 0 Å². The quantitative estimate of drug-likeness (QED) is 0.828. The van der Waals surface area contributed by atoms with Gasteiger partial charge in [0.25, 0.3) is 5.92 Å². The molecule has 1 aliphatic heterocycles. The van der Waals surface area contributed by atoms with Crippen LogP contribution in [0.5, 0.6) is 5.75 Å². The highest BCUT2D eigenvalue weighted by molar-refractivity contribution is 5.89. The van der Waals surface area contributed by atoms with Crippen molar-refractivity contribution < 1.29 is 23.0 Å². The number of rotatable bonds is 3. The number of esters is 1. The molecule has 20 heavy (non-hydrogen) atoms. The van der Waals surface area contributed by atoms with E-state index in [0.29, 0.717) is 0 Å². The van der Waals surface area contributed by atoms with Crippen molar-refractivity contribution in [2.24, 2.45) is 0 Å². The van der Waals surface area contributed by atoms with E-state index in [1.54, 1.807) is 7.05 Å². The molecule has 8 heteroatoms. The maximum Gasteiger partial charge on any atom is 0.339 e. The van der Waals surface area contributed by atoms with Crippen LogP contribution < -0.4 is 10.5 Å². The van der Waals surface area contributed by atoms with Crippen molar-refractivity contribution in [3.8, 4) is 5.75 Å². The van der Waals surface area contributed by atoms with Gasteiger partial charge in [0, 0.05) is 18.8 Å². The van der Waals surface area contributed by atoms with Gasteiger partial charge in [-0.25, -0.2) is 18.6 Å². The average molecular weight is 287 g/mol. The third-order valence-electron chi connectivity index (χ3n) is 3.00. The third kappa shape index (κ3) is 2.79. The molecule has 0 spiro atoms. The summed E-state index contributed by atoms with van der Waals surface area (Å²) in [6, 6.07) is 1.25. The van der Waals surface area contributed by atoms with Gasteiger partial charge in [-0.15, -0.1) is 0 Å². The van der Waals surface area contributed by atoms with Gasteiger partial charge < -0.3 is 15.2 Å². The normalized spacial score (nSPS) is 21.7. The van der Waals surface area contributed by atoms with Crippen LogP contribution in [0.3, 0.4) is 0 Å². The highest BCUT2D eigenvalue weighted by Crippen LogP contribution is 2.32. The summed E-state index contributed by atoms with van der Waals surface area (Å²) < 4.78 is 37.1. The molecule has 6 nitrogen and oxygen atoms in total. The van der Waals surface area contributed by atoms with E-state index < -0.39 is 18.0 Å². The number of ether oxygens (including phenoxy) is 2. The first-order valence-electron chi connectivity index (χ1n) is 5.90. The number of hydrogen-bond donors (Lipinski definition) is 1. The van der Waals surface area contributed by atoms with Gasteiger partial charge >= 0.3 is 5.97 Å². The largest absolute Gasteiger partial charge is 0.479 e. The van der Waals surface area contributed by atoms with Gasteiger partial charge in [-0.1, -0.05) is 0 Å². The lowest BCUT2D eigenvalue weighted by Crippen LogP contribution is -2.36. The average Bonchev–Trinajstić information content (AvgIpc) is 2.63. The van der Waals surface area contributed by atoms with E-state index in [-0.39, 0.29) is 30.2 Å². The van der Waals surface area contributed by atoms with Gasteiger partial charge in [0.1, 0.15) is 0 Å². The summed E-state index contributed by atoms with van der Waals surface area (Å²) in [5, 5.41) is 0. The molecule has 1 aromatic heterocycles. The second-order valence-corrected chi connectivity index (χ2v) is 4.66. The number of hydrogen-bond acceptors (Lipinski definition) is 6. The summed E-state index contributed by atoms with van der Waals surface area (Å²) >= 11 is 0. The molecular weight excluding hydrogens is 272 g/mol. The molecular formula is C12H15F2N3O3. The first-order valence-corrected chi connectivity index (χ1v) is 5.90. The smallest absolute Gasteiger partial charge is 0.339 e. The number of methoxy groups -OCH3 is 1. The first kappa shape index (κ1) is 14.4. The number of alkyl halides is 2. The number of anilines is 1. The van der Waals surface area contributed by atoms with Gasteiger partial charge in [-0.05, 0) is 7.05 Å². The van der Waals surface area contributed by atoms with Crippen LogP contribution in [0, 0.1) is 0 Å². The molecule has 1 fully saturated rings. The molecule has 110 valence electrons. The van der Waals surface area contributed by atoms with Crippen LogP contribution in [0.15, 0.2) is 12.3 Å². The van der Waals surface area contributed by atoms with Gasteiger partial charge in [0.05, 0.1) is 19.2 Å². The van der Waals surface area contributed by atoms with E-state index in [2.05, 4.69) is 9.72 Å². The molecule has 0 radical (unpaired) electrons. The van der Waals surface area contributed by atoms with Crippen molar-refractivity contribution in [2.45, 2.75) is 12.0 Å². The number of carbonyl (C=O) groups is 1. The Morgan fingerprint density at radius 1 is 1.60 bits per heavy atom. The Kier molecular flexibility index (Phi) is 3.76. The van der Waals surface area contributed by atoms with Crippen molar-refractivity contribution in [1.82, 2.24) is 9.88 Å². The van der Waals surface area contributed by atoms with E-state index in [0.717, 1.165) is 0 Å². The van der Waals surface area contributed by atoms with Gasteiger partial charge in [0.2, 0.25) is 0 Å². The topological polar surface area (TPSA) is 77.7 Å². The second-order valence-electron chi connectivity index (χ2n) is 4.66. The van der Waals surface area contributed by atoms with E-state index in [4.69, 9.17) is 10.5 Å². The Bertz CT molecular complexity index is 525. The number of nitrogens with zero attached hydrogens (tertiary/aromatic N) is 2. The number of nitrogens with two attached hydrogens (primary N) is 1. The SMILES string of the molecule is COC(=O)c1cnc(N)c(O[C@H]2CN(C)CC2(F)F)c1. The minimum atomic E-state index is -2.98. The fraction of sp³-hybridized carbons (Fsp3) is 0.500. The molecule has 0 saturated carbocycles. The van der Waals surface area contributed by atoms with Crippen LogP contribution in [0.4, 0.5) is 14.6 Å². The Morgan fingerprint density at radius 2 is 2.30 bits per heavy atom. The van der Waals surface area contributed by atoms with Gasteiger partial charge in [0.15, 0.2) is 17.7 Å². The number of nitrogen functional groups attached to an aromatic ring is 1. The second kappa shape index (κ2) is 5.20. The van der Waals surface area contributed by atoms with Crippen LogP contribution in [-0.2, 0) is 4.74 Å². The Morgan fingerprint density at radius 3 is 2.85 bits per heavy atom. The van der Waals surface area contributed by atoms with Crippen LogP contribution in [0.25, 0.3) is 0 Å². The van der Waals surface area contributed by atoms with Crippen LogP contribution in [0.2, 0.25) is 0 Å². The Labute approximate surface area is 114 Å². The summed E-state index contributed by atoms with van der Waals surface area (Å²) in [5.41, 5.74) is 5.67. The monoisotopic (exact) mass is 287 g/mol. The highest BCUT2D eigenvalue weighted by Gasteiger charge is 2.49. The number of carbonyl (C=O) groups excluding carboxylic acids is 1. The Hall–Kier alpha value is -1.96. The molecule has 0 unspecified atom stereocenters. The Balaban J connectivity index is 2.23. The van der Waals surface area contributed by atoms with Crippen molar-refractivity contribution in [3.05, 3.63) is 17.8 Å². The minimum Gasteiger partial charge on any atom is -0.479 e. The predicted octanol–water partition coefficient (Wildman–Crippen LogP) is 0.778. The lowest BCUT2D eigenvalue weighted by molar-refractivity contribution is -0.0613. The lowest BCUT2D eigenvalue weighted by atomic mass is 10.2. The number of aromatic nitrogens is 1. The van der Waals surface area contributed by atoms with E-state index in [1.807, 2.05) is 0 Å². The van der Waals surface area contributed by atoms with Gasteiger partial charge in [-0.3, -0.25) is 4.90 Å². The molecule has 0 aromatic carbocycles. The zero-order chi connectivity index (χ0) is 14.9. The fourth-order valence-corrected chi connectivity index (χ4v) is 2.00. The number of likely N-dealkylation sites (tertiary alicyclic amines) is 1. The number of halogens is 2. The van der Waals surface area contributed by atoms with E-state index in [9.17, 15) is 13.6 Å². The first-order chi connectivity index (χ1) is 9.33. The minimum absolute atomic E-state index is 0.0483. The zero-order valence-electron chi connectivity index (χ0n) is 11.1. The molecule has 2 heterocycles.